The first-order valence-electron chi connectivity index (χ1n) is 8.46. The van der Waals surface area contributed by atoms with Crippen LogP contribution >= 0.6 is 0 Å². The van der Waals surface area contributed by atoms with Gasteiger partial charge in [-0.05, 0) is 67.6 Å². The quantitative estimate of drug-likeness (QED) is 0.929. The zero-order valence-corrected chi connectivity index (χ0v) is 14.0. The lowest BCUT2D eigenvalue weighted by atomic mass is 9.92. The van der Waals surface area contributed by atoms with Gasteiger partial charge < -0.3 is 10.2 Å². The van der Waals surface area contributed by atoms with E-state index in [-0.39, 0.29) is 5.91 Å². The van der Waals surface area contributed by atoms with Gasteiger partial charge in [0.05, 0.1) is 0 Å². The van der Waals surface area contributed by atoms with Crippen LogP contribution < -0.4 is 10.2 Å². The van der Waals surface area contributed by atoms with Crippen molar-refractivity contribution in [2.75, 3.05) is 31.6 Å². The van der Waals surface area contributed by atoms with Crippen LogP contribution in [0.4, 0.5) is 5.69 Å². The summed E-state index contributed by atoms with van der Waals surface area (Å²) in [6.07, 6.45) is 7.52. The fraction of sp³-hybridized carbons (Fsp3) is 0.474. The largest absolute Gasteiger partial charge is 0.320 e. The van der Waals surface area contributed by atoms with Gasteiger partial charge in [0.1, 0.15) is 0 Å². The van der Waals surface area contributed by atoms with Crippen LogP contribution in [0.15, 0.2) is 29.3 Å². The Labute approximate surface area is 138 Å². The van der Waals surface area contributed by atoms with Crippen molar-refractivity contribution in [3.8, 4) is 0 Å². The Morgan fingerprint density at radius 2 is 2.30 bits per heavy atom. The predicted octanol–water partition coefficient (Wildman–Crippen LogP) is 2.68. The molecule has 1 amide bonds. The van der Waals surface area contributed by atoms with Crippen molar-refractivity contribution in [3.05, 3.63) is 35.4 Å². The molecule has 1 aromatic carbocycles. The van der Waals surface area contributed by atoms with Crippen molar-refractivity contribution in [2.45, 2.75) is 26.2 Å². The standard InChI is InChI=1S/C19H25N3O/c1-14(23)22-9-3-4-17-11-16(5-6-19(17)22)18-10-15(7-8-20-2)12-21-13-18/h5-6,10-11,13,15,20H,3-4,7-9,12H2,1-2H3. The monoisotopic (exact) mass is 311 g/mol. The molecule has 0 saturated heterocycles. The highest BCUT2D eigenvalue weighted by Gasteiger charge is 2.21. The third-order valence-corrected chi connectivity index (χ3v) is 4.66. The summed E-state index contributed by atoms with van der Waals surface area (Å²) in [4.78, 5) is 18.2. The van der Waals surface area contributed by atoms with Crippen LogP contribution in [0.3, 0.4) is 0 Å². The maximum absolute atomic E-state index is 11.8. The first kappa shape index (κ1) is 15.9. The summed E-state index contributed by atoms with van der Waals surface area (Å²) >= 11 is 0. The van der Waals surface area contributed by atoms with Crippen LogP contribution in [0, 0.1) is 5.92 Å². The molecule has 4 nitrogen and oxygen atoms in total. The number of nitrogens with zero attached hydrogens (tertiary/aromatic N) is 2. The third kappa shape index (κ3) is 3.53. The van der Waals surface area contributed by atoms with Crippen molar-refractivity contribution in [1.29, 1.82) is 0 Å². The molecule has 0 bridgehead atoms. The van der Waals surface area contributed by atoms with Gasteiger partial charge in [0.25, 0.3) is 0 Å². The average Bonchev–Trinajstić information content (AvgIpc) is 2.59. The Bertz CT molecular complexity index is 648. The lowest BCUT2D eigenvalue weighted by Gasteiger charge is -2.29. The van der Waals surface area contributed by atoms with Gasteiger partial charge in [-0.25, -0.2) is 0 Å². The minimum Gasteiger partial charge on any atom is -0.320 e. The van der Waals surface area contributed by atoms with Crippen molar-refractivity contribution in [2.24, 2.45) is 10.9 Å². The normalized spacial score (nSPS) is 20.2. The molecule has 1 N–H and O–H groups in total. The molecule has 0 radical (unpaired) electrons. The fourth-order valence-corrected chi connectivity index (χ4v) is 3.42. The SMILES string of the molecule is CNCCC1C=C(c2ccc3c(c2)CCCN3C(C)=O)C=NC1. The maximum atomic E-state index is 11.8. The lowest BCUT2D eigenvalue weighted by molar-refractivity contribution is -0.116. The van der Waals surface area contributed by atoms with E-state index in [1.807, 2.05) is 18.2 Å². The maximum Gasteiger partial charge on any atom is 0.223 e. The molecule has 1 unspecified atom stereocenters. The number of carbonyl (C=O) groups excluding carboxylic acids is 1. The van der Waals surface area contributed by atoms with E-state index in [9.17, 15) is 4.79 Å². The highest BCUT2D eigenvalue weighted by Crippen LogP contribution is 2.31. The van der Waals surface area contributed by atoms with E-state index in [1.165, 1.54) is 16.7 Å². The van der Waals surface area contributed by atoms with E-state index < -0.39 is 0 Å². The molecule has 0 saturated carbocycles. The molecule has 0 aliphatic carbocycles. The number of fused-ring (bicyclic) bond motifs is 1. The minimum atomic E-state index is 0.129. The number of allylic oxidation sites excluding steroid dienone is 1. The zero-order valence-electron chi connectivity index (χ0n) is 14.0. The van der Waals surface area contributed by atoms with Crippen molar-refractivity contribution < 1.29 is 4.79 Å². The number of anilines is 1. The first-order valence-corrected chi connectivity index (χ1v) is 8.46. The Kier molecular flexibility index (Phi) is 4.91. The number of amides is 1. The molecule has 0 aromatic heterocycles. The smallest absolute Gasteiger partial charge is 0.223 e. The zero-order chi connectivity index (χ0) is 16.2. The molecule has 0 fully saturated rings. The average molecular weight is 311 g/mol. The Morgan fingerprint density at radius 1 is 1.43 bits per heavy atom. The minimum absolute atomic E-state index is 0.129. The Balaban J connectivity index is 1.85. The Hall–Kier alpha value is -1.94. The molecule has 122 valence electrons. The number of rotatable bonds is 4. The van der Waals surface area contributed by atoms with E-state index in [0.717, 1.165) is 44.6 Å². The topological polar surface area (TPSA) is 44.7 Å². The van der Waals surface area contributed by atoms with Crippen LogP contribution in [-0.2, 0) is 11.2 Å². The van der Waals surface area contributed by atoms with Gasteiger partial charge >= 0.3 is 0 Å². The summed E-state index contributed by atoms with van der Waals surface area (Å²) in [6.45, 7) is 4.37. The van der Waals surface area contributed by atoms with E-state index in [2.05, 4.69) is 34.6 Å². The van der Waals surface area contributed by atoms with Crippen LogP contribution in [0.25, 0.3) is 5.57 Å². The summed E-state index contributed by atoms with van der Waals surface area (Å²) in [5.41, 5.74) is 4.77. The number of dihydropyridines is 1. The molecule has 2 aliphatic rings. The highest BCUT2D eigenvalue weighted by molar-refractivity contribution is 6.10. The van der Waals surface area contributed by atoms with Crippen LogP contribution in [0.5, 0.6) is 0 Å². The van der Waals surface area contributed by atoms with Gasteiger partial charge in [0.15, 0.2) is 0 Å². The molecule has 23 heavy (non-hydrogen) atoms. The molecule has 2 heterocycles. The number of carbonyl (C=O) groups is 1. The van der Waals surface area contributed by atoms with Crippen LogP contribution in [0.2, 0.25) is 0 Å². The molecular formula is C19H25N3O. The van der Waals surface area contributed by atoms with Crippen molar-refractivity contribution in [1.82, 2.24) is 5.32 Å². The van der Waals surface area contributed by atoms with Gasteiger partial charge in [-0.2, -0.15) is 0 Å². The first-order chi connectivity index (χ1) is 11.2. The molecule has 2 aliphatic heterocycles. The van der Waals surface area contributed by atoms with Crippen LogP contribution in [-0.4, -0.2) is 38.8 Å². The highest BCUT2D eigenvalue weighted by atomic mass is 16.2. The van der Waals surface area contributed by atoms with E-state index in [1.54, 1.807) is 6.92 Å². The summed E-state index contributed by atoms with van der Waals surface area (Å²) in [7, 11) is 1.99. The van der Waals surface area contributed by atoms with Gasteiger partial charge in [0, 0.05) is 31.9 Å². The van der Waals surface area contributed by atoms with Gasteiger partial charge in [-0.3, -0.25) is 9.79 Å². The summed E-state index contributed by atoms with van der Waals surface area (Å²) in [6, 6.07) is 6.46. The second-order valence-corrected chi connectivity index (χ2v) is 6.39. The number of nitrogens with one attached hydrogen (secondary N) is 1. The third-order valence-electron chi connectivity index (χ3n) is 4.66. The number of benzene rings is 1. The van der Waals surface area contributed by atoms with Crippen molar-refractivity contribution >= 4 is 23.4 Å². The molecule has 1 aromatic rings. The Morgan fingerprint density at radius 3 is 3.09 bits per heavy atom. The lowest BCUT2D eigenvalue weighted by Crippen LogP contribution is -2.33. The number of aryl methyl sites for hydroxylation is 1. The van der Waals surface area contributed by atoms with E-state index >= 15 is 0 Å². The van der Waals surface area contributed by atoms with Crippen LogP contribution in [0.1, 0.15) is 30.9 Å². The predicted molar refractivity (Wildman–Crippen MR) is 96.2 cm³/mol. The molecule has 1 atom stereocenters. The molecule has 0 spiro atoms. The number of aliphatic imine (C=N–C) groups is 1. The number of hydrogen-bond donors (Lipinski definition) is 1. The van der Waals surface area contributed by atoms with Gasteiger partial charge in [-0.1, -0.05) is 12.1 Å². The van der Waals surface area contributed by atoms with Gasteiger partial charge in [0.2, 0.25) is 5.91 Å². The second kappa shape index (κ2) is 7.09. The second-order valence-electron chi connectivity index (χ2n) is 6.39. The van der Waals surface area contributed by atoms with Crippen molar-refractivity contribution in [3.63, 3.8) is 0 Å². The molecule has 3 rings (SSSR count). The summed E-state index contributed by atoms with van der Waals surface area (Å²) in [5.74, 6) is 0.636. The van der Waals surface area contributed by atoms with E-state index in [4.69, 9.17) is 0 Å². The fourth-order valence-electron chi connectivity index (χ4n) is 3.42. The van der Waals surface area contributed by atoms with Gasteiger partial charge in [-0.15, -0.1) is 0 Å². The summed E-state index contributed by atoms with van der Waals surface area (Å²) in [5, 5.41) is 3.21. The molecule has 4 heteroatoms. The summed E-state index contributed by atoms with van der Waals surface area (Å²) < 4.78 is 0. The van der Waals surface area contributed by atoms with E-state index in [0.29, 0.717) is 5.92 Å². The molecular weight excluding hydrogens is 286 g/mol. The number of hydrogen-bond acceptors (Lipinski definition) is 3.